The molecule has 114 valence electrons. The zero-order valence-corrected chi connectivity index (χ0v) is 14.3. The average Bonchev–Trinajstić information content (AvgIpc) is 2.69. The maximum Gasteiger partial charge on any atom is 0.0828 e. The van der Waals surface area contributed by atoms with E-state index >= 15 is 0 Å². The second-order valence-electron chi connectivity index (χ2n) is 6.31. The molecule has 1 aromatic heterocycles. The van der Waals surface area contributed by atoms with E-state index in [9.17, 15) is 0 Å². The van der Waals surface area contributed by atoms with Crippen molar-refractivity contribution < 1.29 is 0 Å². The Kier molecular flexibility index (Phi) is 4.40. The highest BCUT2D eigenvalue weighted by Gasteiger charge is 2.16. The van der Waals surface area contributed by atoms with Gasteiger partial charge in [0.2, 0.25) is 0 Å². The van der Waals surface area contributed by atoms with E-state index < -0.39 is 0 Å². The van der Waals surface area contributed by atoms with E-state index in [0.29, 0.717) is 6.04 Å². The van der Waals surface area contributed by atoms with E-state index in [4.69, 9.17) is 0 Å². The molecule has 0 fully saturated rings. The third-order valence-corrected chi connectivity index (χ3v) is 4.08. The summed E-state index contributed by atoms with van der Waals surface area (Å²) in [4.78, 5) is 0. The quantitative estimate of drug-likeness (QED) is 0.868. The standard InChI is InChI=1S/C18H27N3/c1-11(2)21-16(7)18(15(6)20-21)19-14(5)17-10-12(3)8-9-13(17)4/h8-11,14,19H,1-7H3. The van der Waals surface area contributed by atoms with Crippen molar-refractivity contribution >= 4 is 5.69 Å². The third kappa shape index (κ3) is 3.12. The van der Waals surface area contributed by atoms with Crippen LogP contribution in [0.25, 0.3) is 0 Å². The number of benzene rings is 1. The number of anilines is 1. The van der Waals surface area contributed by atoms with Crippen molar-refractivity contribution in [3.05, 3.63) is 46.3 Å². The summed E-state index contributed by atoms with van der Waals surface area (Å²) in [6.45, 7) is 15.1. The number of rotatable bonds is 4. The first kappa shape index (κ1) is 15.6. The van der Waals surface area contributed by atoms with Crippen molar-refractivity contribution in [1.29, 1.82) is 0 Å². The molecule has 0 amide bonds. The molecule has 1 N–H and O–H groups in total. The normalized spacial score (nSPS) is 12.8. The van der Waals surface area contributed by atoms with Crippen LogP contribution in [0, 0.1) is 27.7 Å². The Morgan fingerprint density at radius 1 is 1.05 bits per heavy atom. The van der Waals surface area contributed by atoms with Gasteiger partial charge in [0.25, 0.3) is 0 Å². The van der Waals surface area contributed by atoms with Crippen molar-refractivity contribution in [2.45, 2.75) is 60.5 Å². The second-order valence-corrected chi connectivity index (χ2v) is 6.31. The highest BCUT2D eigenvalue weighted by Crippen LogP contribution is 2.28. The molecule has 0 spiro atoms. The first-order valence-corrected chi connectivity index (χ1v) is 7.70. The smallest absolute Gasteiger partial charge is 0.0828 e. The van der Waals surface area contributed by atoms with Crippen LogP contribution in [0.3, 0.4) is 0 Å². The summed E-state index contributed by atoms with van der Waals surface area (Å²) in [7, 11) is 0. The molecule has 2 rings (SSSR count). The minimum atomic E-state index is 0.270. The van der Waals surface area contributed by atoms with Gasteiger partial charge in [0.1, 0.15) is 0 Å². The fourth-order valence-electron chi connectivity index (χ4n) is 2.90. The van der Waals surface area contributed by atoms with Gasteiger partial charge in [-0.1, -0.05) is 23.8 Å². The predicted octanol–water partition coefficient (Wildman–Crippen LogP) is 4.87. The minimum absolute atomic E-state index is 0.270. The van der Waals surface area contributed by atoms with E-state index in [2.05, 4.69) is 81.8 Å². The van der Waals surface area contributed by atoms with Crippen molar-refractivity contribution in [3.63, 3.8) is 0 Å². The largest absolute Gasteiger partial charge is 0.376 e. The molecule has 2 aromatic rings. The SMILES string of the molecule is Cc1ccc(C)c(C(C)Nc2c(C)nn(C(C)C)c2C)c1. The Morgan fingerprint density at radius 2 is 1.71 bits per heavy atom. The molecule has 0 radical (unpaired) electrons. The van der Waals surface area contributed by atoms with Crippen molar-refractivity contribution in [2.24, 2.45) is 0 Å². The Balaban J connectivity index is 2.32. The molecule has 3 nitrogen and oxygen atoms in total. The molecular formula is C18H27N3. The van der Waals surface area contributed by atoms with Gasteiger partial charge in [0, 0.05) is 12.1 Å². The summed E-state index contributed by atoms with van der Waals surface area (Å²) in [5.41, 5.74) is 7.42. The fourth-order valence-corrected chi connectivity index (χ4v) is 2.90. The molecular weight excluding hydrogens is 258 g/mol. The molecule has 0 aliphatic rings. The molecule has 0 saturated heterocycles. The van der Waals surface area contributed by atoms with Crippen LogP contribution < -0.4 is 5.32 Å². The van der Waals surface area contributed by atoms with Crippen LogP contribution >= 0.6 is 0 Å². The molecule has 0 aliphatic heterocycles. The topological polar surface area (TPSA) is 29.9 Å². The summed E-state index contributed by atoms with van der Waals surface area (Å²) in [6.07, 6.45) is 0. The molecule has 1 aromatic carbocycles. The van der Waals surface area contributed by atoms with Crippen LogP contribution in [0.15, 0.2) is 18.2 Å². The minimum Gasteiger partial charge on any atom is -0.376 e. The van der Waals surface area contributed by atoms with Crippen LogP contribution in [-0.2, 0) is 0 Å². The molecule has 1 unspecified atom stereocenters. The molecule has 0 bridgehead atoms. The Labute approximate surface area is 128 Å². The predicted molar refractivity (Wildman–Crippen MR) is 90.0 cm³/mol. The van der Waals surface area contributed by atoms with Gasteiger partial charge in [-0.25, -0.2) is 0 Å². The molecule has 21 heavy (non-hydrogen) atoms. The number of hydrogen-bond acceptors (Lipinski definition) is 2. The van der Waals surface area contributed by atoms with Crippen molar-refractivity contribution in [1.82, 2.24) is 9.78 Å². The molecule has 0 saturated carbocycles. The second kappa shape index (κ2) is 5.92. The number of nitrogens with one attached hydrogen (secondary N) is 1. The van der Waals surface area contributed by atoms with E-state index in [0.717, 1.165) is 11.4 Å². The molecule has 1 atom stereocenters. The molecule has 3 heteroatoms. The lowest BCUT2D eigenvalue weighted by molar-refractivity contribution is 0.516. The van der Waals surface area contributed by atoms with Gasteiger partial charge in [-0.2, -0.15) is 5.10 Å². The lowest BCUT2D eigenvalue weighted by Gasteiger charge is -2.19. The molecule has 1 heterocycles. The van der Waals surface area contributed by atoms with Crippen molar-refractivity contribution in [2.75, 3.05) is 5.32 Å². The number of nitrogens with zero attached hydrogens (tertiary/aromatic N) is 2. The lowest BCUT2D eigenvalue weighted by Crippen LogP contribution is -2.10. The van der Waals surface area contributed by atoms with E-state index in [1.165, 1.54) is 22.4 Å². The summed E-state index contributed by atoms with van der Waals surface area (Å²) in [5.74, 6) is 0. The van der Waals surface area contributed by atoms with Crippen LogP contribution in [0.5, 0.6) is 0 Å². The summed E-state index contributed by atoms with van der Waals surface area (Å²) >= 11 is 0. The van der Waals surface area contributed by atoms with Crippen LogP contribution in [0.2, 0.25) is 0 Å². The number of aromatic nitrogens is 2. The van der Waals surface area contributed by atoms with Gasteiger partial charge < -0.3 is 5.32 Å². The number of hydrogen-bond donors (Lipinski definition) is 1. The summed E-state index contributed by atoms with van der Waals surface area (Å²) in [6, 6.07) is 7.28. The lowest BCUT2D eigenvalue weighted by atomic mass is 9.99. The maximum atomic E-state index is 4.65. The van der Waals surface area contributed by atoms with E-state index in [-0.39, 0.29) is 6.04 Å². The van der Waals surface area contributed by atoms with E-state index in [1.807, 2.05) is 0 Å². The van der Waals surface area contributed by atoms with Gasteiger partial charge in [0.05, 0.1) is 17.1 Å². The van der Waals surface area contributed by atoms with Crippen molar-refractivity contribution in [3.8, 4) is 0 Å². The zero-order chi connectivity index (χ0) is 15.7. The molecule has 0 aliphatic carbocycles. The van der Waals surface area contributed by atoms with Gasteiger partial charge in [-0.3, -0.25) is 4.68 Å². The van der Waals surface area contributed by atoms with Crippen LogP contribution in [0.1, 0.15) is 60.9 Å². The Hall–Kier alpha value is -1.77. The van der Waals surface area contributed by atoms with Gasteiger partial charge in [0.15, 0.2) is 0 Å². The first-order chi connectivity index (χ1) is 9.81. The number of aryl methyl sites for hydroxylation is 3. The highest BCUT2D eigenvalue weighted by atomic mass is 15.3. The average molecular weight is 285 g/mol. The summed E-state index contributed by atoms with van der Waals surface area (Å²) in [5, 5.41) is 8.31. The van der Waals surface area contributed by atoms with Gasteiger partial charge in [-0.05, 0) is 59.6 Å². The zero-order valence-electron chi connectivity index (χ0n) is 14.3. The monoisotopic (exact) mass is 285 g/mol. The van der Waals surface area contributed by atoms with Gasteiger partial charge in [-0.15, -0.1) is 0 Å². The maximum absolute atomic E-state index is 4.65. The highest BCUT2D eigenvalue weighted by molar-refractivity contribution is 5.54. The fraction of sp³-hybridized carbons (Fsp3) is 0.500. The Bertz CT molecular complexity index is 638. The van der Waals surface area contributed by atoms with Gasteiger partial charge >= 0.3 is 0 Å². The third-order valence-electron chi connectivity index (χ3n) is 4.08. The van der Waals surface area contributed by atoms with Crippen LogP contribution in [-0.4, -0.2) is 9.78 Å². The first-order valence-electron chi connectivity index (χ1n) is 7.70. The Morgan fingerprint density at radius 3 is 2.29 bits per heavy atom. The summed E-state index contributed by atoms with van der Waals surface area (Å²) < 4.78 is 2.09. The van der Waals surface area contributed by atoms with Crippen LogP contribution in [0.4, 0.5) is 5.69 Å². The van der Waals surface area contributed by atoms with E-state index in [1.54, 1.807) is 0 Å².